The van der Waals surface area contributed by atoms with Crippen LogP contribution in [-0.2, 0) is 0 Å². The lowest BCUT2D eigenvalue weighted by molar-refractivity contribution is 0.122. The Balaban J connectivity index is 1.55. The molecule has 160 valence electrons. The van der Waals surface area contributed by atoms with Gasteiger partial charge >= 0.3 is 0 Å². The quantitative estimate of drug-likeness (QED) is 0.487. The van der Waals surface area contributed by atoms with Crippen LogP contribution in [0.1, 0.15) is 79.6 Å². The maximum atomic E-state index is 9.44. The molecule has 0 aromatic rings. The molecule has 7 atom stereocenters. The average Bonchev–Trinajstić information content (AvgIpc) is 3.08. The van der Waals surface area contributed by atoms with Crippen molar-refractivity contribution in [2.75, 3.05) is 6.61 Å². The highest BCUT2D eigenvalue weighted by atomic mass is 16.3. The molecule has 2 fully saturated rings. The van der Waals surface area contributed by atoms with Crippen molar-refractivity contribution >= 4 is 0 Å². The first kappa shape index (κ1) is 21.2. The molecule has 0 amide bonds. The SMILES string of the molecule is CC(CO)[C@@H](C)C=C[C@@H](C)[C@H]1CC=C2C3=CC=C4CCCC[C@]4(C)[C@H]3CC[C@@]21C. The molecule has 4 aliphatic rings. The number of aliphatic hydroxyl groups excluding tert-OH is 1. The lowest BCUT2D eigenvalue weighted by Gasteiger charge is -2.53. The van der Waals surface area contributed by atoms with E-state index in [1.807, 2.05) is 0 Å². The average molecular weight is 395 g/mol. The molecule has 0 bridgehead atoms. The zero-order chi connectivity index (χ0) is 20.8. The van der Waals surface area contributed by atoms with Crippen molar-refractivity contribution in [2.45, 2.75) is 79.6 Å². The van der Waals surface area contributed by atoms with E-state index in [0.29, 0.717) is 34.5 Å². The Morgan fingerprint density at radius 1 is 1.07 bits per heavy atom. The van der Waals surface area contributed by atoms with Crippen LogP contribution in [0, 0.1) is 40.4 Å². The van der Waals surface area contributed by atoms with Crippen molar-refractivity contribution < 1.29 is 5.11 Å². The predicted molar refractivity (Wildman–Crippen MR) is 123 cm³/mol. The highest BCUT2D eigenvalue weighted by Gasteiger charge is 2.53. The van der Waals surface area contributed by atoms with Gasteiger partial charge in [0.25, 0.3) is 0 Å². The minimum atomic E-state index is 0.274. The van der Waals surface area contributed by atoms with Gasteiger partial charge in [-0.2, -0.15) is 0 Å². The Morgan fingerprint density at radius 3 is 2.62 bits per heavy atom. The summed E-state index contributed by atoms with van der Waals surface area (Å²) >= 11 is 0. The van der Waals surface area contributed by atoms with E-state index in [9.17, 15) is 5.11 Å². The molecule has 4 aliphatic carbocycles. The van der Waals surface area contributed by atoms with Gasteiger partial charge in [0.05, 0.1) is 0 Å². The third-order valence-electron chi connectivity index (χ3n) is 9.55. The molecule has 2 saturated carbocycles. The standard InChI is InChI=1S/C28H42O/c1-19(21(3)18-29)9-10-20(2)24-13-14-25-23-12-11-22-8-6-7-16-27(22,4)26(23)15-17-28(24,25)5/h9-12,14,19-21,24,26,29H,6-8,13,15-18H2,1-5H3/t19-,20+,21?,24+,26-,27-,28+/m0/s1. The van der Waals surface area contributed by atoms with Gasteiger partial charge in [-0.3, -0.25) is 0 Å². The number of rotatable bonds is 5. The van der Waals surface area contributed by atoms with Gasteiger partial charge in [0, 0.05) is 6.61 Å². The van der Waals surface area contributed by atoms with E-state index in [2.05, 4.69) is 65.0 Å². The van der Waals surface area contributed by atoms with Crippen LogP contribution in [0.4, 0.5) is 0 Å². The number of hydrogen-bond donors (Lipinski definition) is 1. The fraction of sp³-hybridized carbons (Fsp3) is 0.714. The molecule has 1 heteroatoms. The Labute approximate surface area is 179 Å². The van der Waals surface area contributed by atoms with Crippen molar-refractivity contribution in [2.24, 2.45) is 40.4 Å². The molecule has 1 unspecified atom stereocenters. The summed E-state index contributed by atoms with van der Waals surface area (Å²) in [6, 6.07) is 0. The van der Waals surface area contributed by atoms with Gasteiger partial charge < -0.3 is 5.11 Å². The normalized spacial score (nSPS) is 39.6. The van der Waals surface area contributed by atoms with Crippen LogP contribution in [-0.4, -0.2) is 11.7 Å². The molecule has 1 nitrogen and oxygen atoms in total. The van der Waals surface area contributed by atoms with Crippen molar-refractivity contribution in [1.82, 2.24) is 0 Å². The van der Waals surface area contributed by atoms with Gasteiger partial charge in [-0.1, -0.05) is 77.0 Å². The Morgan fingerprint density at radius 2 is 1.86 bits per heavy atom. The van der Waals surface area contributed by atoms with Crippen molar-refractivity contribution in [3.05, 3.63) is 47.1 Å². The maximum absolute atomic E-state index is 9.44. The fourth-order valence-corrected chi connectivity index (χ4v) is 7.11. The maximum Gasteiger partial charge on any atom is 0.0462 e. The van der Waals surface area contributed by atoms with Gasteiger partial charge in [-0.15, -0.1) is 0 Å². The van der Waals surface area contributed by atoms with E-state index in [0.717, 1.165) is 5.92 Å². The van der Waals surface area contributed by atoms with Crippen LogP contribution in [0.3, 0.4) is 0 Å². The summed E-state index contributed by atoms with van der Waals surface area (Å²) in [6.45, 7) is 12.2. The van der Waals surface area contributed by atoms with Crippen LogP contribution in [0.5, 0.6) is 0 Å². The summed E-state index contributed by atoms with van der Waals surface area (Å²) in [4.78, 5) is 0. The number of fused-ring (bicyclic) bond motifs is 5. The highest BCUT2D eigenvalue weighted by molar-refractivity contribution is 5.50. The third kappa shape index (κ3) is 3.42. The first-order chi connectivity index (χ1) is 13.8. The van der Waals surface area contributed by atoms with E-state index in [-0.39, 0.29) is 6.61 Å². The molecule has 1 N–H and O–H groups in total. The van der Waals surface area contributed by atoms with E-state index < -0.39 is 0 Å². The van der Waals surface area contributed by atoms with Gasteiger partial charge in [-0.05, 0) is 90.1 Å². The zero-order valence-corrected chi connectivity index (χ0v) is 19.4. The fourth-order valence-electron chi connectivity index (χ4n) is 7.11. The summed E-state index contributed by atoms with van der Waals surface area (Å²) in [5, 5.41) is 9.44. The molecular weight excluding hydrogens is 352 g/mol. The Kier molecular flexibility index (Phi) is 5.75. The summed E-state index contributed by atoms with van der Waals surface area (Å²) in [6.07, 6.45) is 21.9. The van der Waals surface area contributed by atoms with E-state index in [4.69, 9.17) is 0 Å². The van der Waals surface area contributed by atoms with E-state index in [1.54, 1.807) is 16.7 Å². The predicted octanol–water partition coefficient (Wildman–Crippen LogP) is 7.25. The smallest absolute Gasteiger partial charge is 0.0462 e. The highest BCUT2D eigenvalue weighted by Crippen LogP contribution is 2.64. The Hall–Kier alpha value is -1.08. The second-order valence-corrected chi connectivity index (χ2v) is 11.2. The number of allylic oxidation sites excluding steroid dienone is 8. The molecule has 29 heavy (non-hydrogen) atoms. The second kappa shape index (κ2) is 7.88. The van der Waals surface area contributed by atoms with Crippen molar-refractivity contribution in [3.8, 4) is 0 Å². The third-order valence-corrected chi connectivity index (χ3v) is 9.55. The van der Waals surface area contributed by atoms with Crippen LogP contribution >= 0.6 is 0 Å². The molecule has 0 aliphatic heterocycles. The van der Waals surface area contributed by atoms with Gasteiger partial charge in [0.15, 0.2) is 0 Å². The van der Waals surface area contributed by atoms with Crippen LogP contribution in [0.25, 0.3) is 0 Å². The lowest BCUT2D eigenvalue weighted by Crippen LogP contribution is -2.42. The largest absolute Gasteiger partial charge is 0.396 e. The monoisotopic (exact) mass is 394 g/mol. The number of aliphatic hydroxyl groups is 1. The zero-order valence-electron chi connectivity index (χ0n) is 19.4. The van der Waals surface area contributed by atoms with Crippen LogP contribution in [0.2, 0.25) is 0 Å². The van der Waals surface area contributed by atoms with E-state index in [1.165, 1.54) is 44.9 Å². The van der Waals surface area contributed by atoms with E-state index >= 15 is 0 Å². The summed E-state index contributed by atoms with van der Waals surface area (Å²) in [7, 11) is 0. The van der Waals surface area contributed by atoms with Crippen LogP contribution < -0.4 is 0 Å². The van der Waals surface area contributed by atoms with Crippen LogP contribution in [0.15, 0.2) is 47.1 Å². The molecule has 0 spiro atoms. The molecule has 4 rings (SSSR count). The molecule has 0 radical (unpaired) electrons. The molecule has 0 heterocycles. The summed E-state index contributed by atoms with van der Waals surface area (Å²) in [5.74, 6) is 2.81. The minimum absolute atomic E-state index is 0.274. The molecule has 0 aromatic carbocycles. The van der Waals surface area contributed by atoms with Crippen molar-refractivity contribution in [3.63, 3.8) is 0 Å². The summed E-state index contributed by atoms with van der Waals surface area (Å²) < 4.78 is 0. The van der Waals surface area contributed by atoms with Crippen molar-refractivity contribution in [1.29, 1.82) is 0 Å². The first-order valence-electron chi connectivity index (χ1n) is 12.2. The topological polar surface area (TPSA) is 20.2 Å². The summed E-state index contributed by atoms with van der Waals surface area (Å²) in [5.41, 5.74) is 5.86. The second-order valence-electron chi connectivity index (χ2n) is 11.2. The van der Waals surface area contributed by atoms with Gasteiger partial charge in [-0.25, -0.2) is 0 Å². The Bertz CT molecular complexity index is 752. The number of hydrogen-bond acceptors (Lipinski definition) is 1. The lowest BCUT2D eigenvalue weighted by atomic mass is 9.51. The first-order valence-corrected chi connectivity index (χ1v) is 12.2. The minimum Gasteiger partial charge on any atom is -0.396 e. The molecular formula is C28H42O. The molecule has 0 saturated heterocycles. The van der Waals surface area contributed by atoms with Gasteiger partial charge in [0.2, 0.25) is 0 Å². The molecule has 0 aromatic heterocycles. The van der Waals surface area contributed by atoms with Gasteiger partial charge in [0.1, 0.15) is 0 Å².